The maximum atomic E-state index is 11.3. The Kier molecular flexibility index (Phi) is 3.74. The van der Waals surface area contributed by atoms with E-state index < -0.39 is 12.0 Å². The smallest absolute Gasteiger partial charge is 0.258 e. The molecule has 2 N–H and O–H groups in total. The third kappa shape index (κ3) is 2.63. The Morgan fingerprint density at radius 2 is 1.86 bits per heavy atom. The lowest BCUT2D eigenvalue weighted by molar-refractivity contribution is -0.123. The number of aromatic nitrogens is 1. The fraction of sp³-hybridized carbons (Fsp3) is 0.111. The van der Waals surface area contributed by atoms with E-state index in [0.29, 0.717) is 5.75 Å². The van der Waals surface area contributed by atoms with Gasteiger partial charge in [-0.1, -0.05) is 36.4 Å². The molecular weight excluding hydrogens is 276 g/mol. The van der Waals surface area contributed by atoms with E-state index in [1.165, 1.54) is 0 Å². The van der Waals surface area contributed by atoms with Crippen LogP contribution in [0.3, 0.4) is 0 Å². The molecule has 1 amide bonds. The van der Waals surface area contributed by atoms with Crippen LogP contribution in [0, 0.1) is 0 Å². The molecule has 2 aromatic carbocycles. The van der Waals surface area contributed by atoms with E-state index in [1.54, 1.807) is 13.1 Å². The highest BCUT2D eigenvalue weighted by Gasteiger charge is 2.14. The third-order valence-electron chi connectivity index (χ3n) is 3.56. The van der Waals surface area contributed by atoms with Gasteiger partial charge in [0.15, 0.2) is 6.10 Å². The molecule has 110 valence electrons. The molecule has 0 fully saturated rings. The molecular formula is C18H16N2O2. The van der Waals surface area contributed by atoms with Crippen molar-refractivity contribution in [2.75, 3.05) is 0 Å². The molecule has 0 aliphatic heterocycles. The molecule has 0 radical (unpaired) electrons. The van der Waals surface area contributed by atoms with Gasteiger partial charge in [-0.3, -0.25) is 9.78 Å². The Labute approximate surface area is 128 Å². The summed E-state index contributed by atoms with van der Waals surface area (Å²) in [6.07, 6.45) is 2.91. The van der Waals surface area contributed by atoms with Gasteiger partial charge < -0.3 is 10.5 Å². The summed E-state index contributed by atoms with van der Waals surface area (Å²) < 4.78 is 5.72. The van der Waals surface area contributed by atoms with E-state index in [1.807, 2.05) is 54.7 Å². The summed E-state index contributed by atoms with van der Waals surface area (Å²) >= 11 is 0. The highest BCUT2D eigenvalue weighted by Crippen LogP contribution is 2.35. The minimum atomic E-state index is -0.683. The molecule has 3 rings (SSSR count). The summed E-state index contributed by atoms with van der Waals surface area (Å²) in [5.74, 6) is 0.148. The highest BCUT2D eigenvalue weighted by atomic mass is 16.5. The van der Waals surface area contributed by atoms with Crippen molar-refractivity contribution in [2.45, 2.75) is 13.0 Å². The predicted molar refractivity (Wildman–Crippen MR) is 86.5 cm³/mol. The molecule has 3 aromatic rings. The van der Waals surface area contributed by atoms with Crippen LogP contribution in [0.4, 0.5) is 0 Å². The van der Waals surface area contributed by atoms with Gasteiger partial charge in [-0.25, -0.2) is 0 Å². The fourth-order valence-corrected chi connectivity index (χ4v) is 2.40. The van der Waals surface area contributed by atoms with Crippen LogP contribution in [0.25, 0.3) is 21.9 Å². The van der Waals surface area contributed by atoms with Crippen LogP contribution < -0.4 is 10.5 Å². The number of carbonyl (C=O) groups excluding carboxylic acids is 1. The summed E-state index contributed by atoms with van der Waals surface area (Å²) in [7, 11) is 0. The molecule has 0 aliphatic carbocycles. The Morgan fingerprint density at radius 3 is 2.68 bits per heavy atom. The second-order valence-electron chi connectivity index (χ2n) is 5.06. The first-order valence-corrected chi connectivity index (χ1v) is 7.05. The molecule has 0 spiro atoms. The molecule has 22 heavy (non-hydrogen) atoms. The predicted octanol–water partition coefficient (Wildman–Crippen LogP) is 3.15. The number of hydrogen-bond donors (Lipinski definition) is 1. The Balaban J connectivity index is 2.13. The van der Waals surface area contributed by atoms with Gasteiger partial charge in [0.1, 0.15) is 5.75 Å². The molecule has 0 bridgehead atoms. The van der Waals surface area contributed by atoms with Crippen molar-refractivity contribution >= 4 is 16.7 Å². The first kappa shape index (κ1) is 14.1. The topological polar surface area (TPSA) is 65.2 Å². The number of fused-ring (bicyclic) bond motifs is 1. The number of primary amides is 1. The first-order chi connectivity index (χ1) is 10.7. The lowest BCUT2D eigenvalue weighted by Crippen LogP contribution is -2.30. The van der Waals surface area contributed by atoms with Gasteiger partial charge in [0.2, 0.25) is 0 Å². The molecule has 4 heteroatoms. The highest BCUT2D eigenvalue weighted by molar-refractivity contribution is 5.97. The molecule has 1 unspecified atom stereocenters. The number of nitrogens with two attached hydrogens (primary N) is 1. The van der Waals surface area contributed by atoms with Crippen molar-refractivity contribution in [2.24, 2.45) is 5.73 Å². The normalized spacial score (nSPS) is 12.0. The minimum Gasteiger partial charge on any atom is -0.480 e. The van der Waals surface area contributed by atoms with Crippen LogP contribution in [0.2, 0.25) is 0 Å². The van der Waals surface area contributed by atoms with Crippen LogP contribution in [0.1, 0.15) is 6.92 Å². The molecule has 1 heterocycles. The molecule has 0 aliphatic rings. The summed E-state index contributed by atoms with van der Waals surface area (Å²) in [6, 6.07) is 15.6. The third-order valence-corrected chi connectivity index (χ3v) is 3.56. The molecule has 4 nitrogen and oxygen atoms in total. The van der Waals surface area contributed by atoms with Gasteiger partial charge in [0.25, 0.3) is 5.91 Å². The zero-order valence-electron chi connectivity index (χ0n) is 12.2. The Hall–Kier alpha value is -2.88. The number of amides is 1. The second-order valence-corrected chi connectivity index (χ2v) is 5.06. The monoisotopic (exact) mass is 292 g/mol. The van der Waals surface area contributed by atoms with Crippen LogP contribution in [0.5, 0.6) is 5.75 Å². The number of carbonyl (C=O) groups is 1. The fourth-order valence-electron chi connectivity index (χ4n) is 2.40. The number of nitrogens with zero attached hydrogens (tertiary/aromatic N) is 1. The molecule has 0 saturated heterocycles. The number of ether oxygens (including phenoxy) is 1. The van der Waals surface area contributed by atoms with Crippen LogP contribution in [0.15, 0.2) is 60.9 Å². The summed E-state index contributed by atoms with van der Waals surface area (Å²) in [5.41, 5.74) is 7.25. The summed E-state index contributed by atoms with van der Waals surface area (Å²) in [5, 5.41) is 2.14. The van der Waals surface area contributed by atoms with Gasteiger partial charge in [-0.05, 0) is 30.0 Å². The average molecular weight is 292 g/mol. The van der Waals surface area contributed by atoms with Crippen molar-refractivity contribution in [3.05, 3.63) is 60.9 Å². The zero-order valence-corrected chi connectivity index (χ0v) is 12.2. The SMILES string of the molecule is CC(Oc1ccccc1-c1cccc2cnccc12)C(N)=O. The van der Waals surface area contributed by atoms with E-state index in [-0.39, 0.29) is 0 Å². The van der Waals surface area contributed by atoms with Gasteiger partial charge >= 0.3 is 0 Å². The molecule has 1 atom stereocenters. The van der Waals surface area contributed by atoms with E-state index in [9.17, 15) is 4.79 Å². The quantitative estimate of drug-likeness (QED) is 0.803. The van der Waals surface area contributed by atoms with Crippen LogP contribution in [-0.2, 0) is 4.79 Å². The lowest BCUT2D eigenvalue weighted by Gasteiger charge is -2.16. The molecule has 0 saturated carbocycles. The van der Waals surface area contributed by atoms with Gasteiger partial charge in [0.05, 0.1) is 0 Å². The van der Waals surface area contributed by atoms with Crippen molar-refractivity contribution in [1.82, 2.24) is 4.98 Å². The Morgan fingerprint density at radius 1 is 1.09 bits per heavy atom. The largest absolute Gasteiger partial charge is 0.480 e. The van der Waals surface area contributed by atoms with Gasteiger partial charge in [-0.2, -0.15) is 0 Å². The van der Waals surface area contributed by atoms with Crippen molar-refractivity contribution in [1.29, 1.82) is 0 Å². The first-order valence-electron chi connectivity index (χ1n) is 7.05. The standard InChI is InChI=1S/C18H16N2O2/c1-12(18(19)21)22-17-8-3-2-6-16(17)15-7-4-5-13-11-20-10-9-14(13)15/h2-12H,1H3,(H2,19,21). The van der Waals surface area contributed by atoms with Crippen molar-refractivity contribution < 1.29 is 9.53 Å². The van der Waals surface area contributed by atoms with E-state index in [4.69, 9.17) is 10.5 Å². The Bertz CT molecular complexity index is 825. The number of hydrogen-bond acceptors (Lipinski definition) is 3. The average Bonchev–Trinajstić information content (AvgIpc) is 2.55. The van der Waals surface area contributed by atoms with Crippen molar-refractivity contribution in [3.63, 3.8) is 0 Å². The maximum Gasteiger partial charge on any atom is 0.258 e. The van der Waals surface area contributed by atoms with E-state index in [2.05, 4.69) is 4.98 Å². The van der Waals surface area contributed by atoms with Gasteiger partial charge in [0, 0.05) is 23.3 Å². The number of benzene rings is 2. The van der Waals surface area contributed by atoms with E-state index >= 15 is 0 Å². The number of pyridine rings is 1. The van der Waals surface area contributed by atoms with Crippen LogP contribution in [-0.4, -0.2) is 17.0 Å². The van der Waals surface area contributed by atoms with Crippen LogP contribution >= 0.6 is 0 Å². The maximum absolute atomic E-state index is 11.3. The van der Waals surface area contributed by atoms with Crippen molar-refractivity contribution in [3.8, 4) is 16.9 Å². The number of rotatable bonds is 4. The second kappa shape index (κ2) is 5.85. The lowest BCUT2D eigenvalue weighted by atomic mass is 9.99. The zero-order chi connectivity index (χ0) is 15.5. The molecule has 1 aromatic heterocycles. The van der Waals surface area contributed by atoms with E-state index in [0.717, 1.165) is 21.9 Å². The summed E-state index contributed by atoms with van der Waals surface area (Å²) in [4.78, 5) is 15.4. The minimum absolute atomic E-state index is 0.489. The van der Waals surface area contributed by atoms with Gasteiger partial charge in [-0.15, -0.1) is 0 Å². The summed E-state index contributed by atoms with van der Waals surface area (Å²) in [6.45, 7) is 1.64. The number of para-hydroxylation sites is 1.